The van der Waals surface area contributed by atoms with E-state index in [1.807, 2.05) is 12.1 Å². The number of benzene rings is 1. The Hall–Kier alpha value is -1.25. The van der Waals surface area contributed by atoms with E-state index in [1.165, 1.54) is 25.7 Å². The quantitative estimate of drug-likeness (QED) is 0.878. The van der Waals surface area contributed by atoms with Crippen molar-refractivity contribution in [1.29, 1.82) is 0 Å². The molecule has 2 fully saturated rings. The standard InChI is InChI=1S/C15H21FN2/c1-11-8-13(9-11)17-12-4-5-15(14(16)10-12)18-6-2-3-7-18/h4-5,10-11,13,17H,2-3,6-9H2,1H3. The third-order valence-electron chi connectivity index (χ3n) is 4.14. The van der Waals surface area contributed by atoms with Crippen molar-refractivity contribution < 1.29 is 4.39 Å². The predicted molar refractivity (Wildman–Crippen MR) is 73.7 cm³/mol. The molecule has 1 N–H and O–H groups in total. The molecule has 2 aliphatic rings. The van der Waals surface area contributed by atoms with Crippen molar-refractivity contribution >= 4 is 11.4 Å². The summed E-state index contributed by atoms with van der Waals surface area (Å²) in [5.74, 6) is 0.727. The smallest absolute Gasteiger partial charge is 0.148 e. The number of hydrogen-bond donors (Lipinski definition) is 1. The molecule has 1 saturated carbocycles. The lowest BCUT2D eigenvalue weighted by molar-refractivity contribution is 0.309. The highest BCUT2D eigenvalue weighted by Gasteiger charge is 2.25. The van der Waals surface area contributed by atoms with Gasteiger partial charge in [-0.1, -0.05) is 6.92 Å². The molecule has 2 nitrogen and oxygen atoms in total. The molecule has 1 aromatic rings. The summed E-state index contributed by atoms with van der Waals surface area (Å²) in [5.41, 5.74) is 1.69. The molecule has 1 aliphatic heterocycles. The second-order valence-corrected chi connectivity index (χ2v) is 5.78. The van der Waals surface area contributed by atoms with Gasteiger partial charge in [0.1, 0.15) is 5.82 Å². The maximum atomic E-state index is 14.1. The first kappa shape index (κ1) is 11.8. The summed E-state index contributed by atoms with van der Waals surface area (Å²) in [6, 6.07) is 6.12. The highest BCUT2D eigenvalue weighted by atomic mass is 19.1. The number of anilines is 2. The lowest BCUT2D eigenvalue weighted by Crippen LogP contribution is -2.33. The summed E-state index contributed by atoms with van der Waals surface area (Å²) >= 11 is 0. The first-order valence-electron chi connectivity index (χ1n) is 7.03. The molecule has 1 aromatic carbocycles. The van der Waals surface area contributed by atoms with E-state index in [0.29, 0.717) is 6.04 Å². The summed E-state index contributed by atoms with van der Waals surface area (Å²) in [6.07, 6.45) is 4.77. The van der Waals surface area contributed by atoms with Gasteiger partial charge in [0.25, 0.3) is 0 Å². The van der Waals surface area contributed by atoms with E-state index in [9.17, 15) is 4.39 Å². The van der Waals surface area contributed by atoms with Gasteiger partial charge in [-0.25, -0.2) is 4.39 Å². The van der Waals surface area contributed by atoms with Crippen molar-refractivity contribution in [2.75, 3.05) is 23.3 Å². The van der Waals surface area contributed by atoms with Crippen LogP contribution in [0.25, 0.3) is 0 Å². The van der Waals surface area contributed by atoms with Gasteiger partial charge in [0.2, 0.25) is 0 Å². The Bertz CT molecular complexity index is 421. The highest BCUT2D eigenvalue weighted by Crippen LogP contribution is 2.31. The van der Waals surface area contributed by atoms with E-state index < -0.39 is 0 Å². The fourth-order valence-corrected chi connectivity index (χ4v) is 3.07. The molecule has 1 saturated heterocycles. The first-order valence-corrected chi connectivity index (χ1v) is 7.03. The molecule has 0 bridgehead atoms. The minimum atomic E-state index is -0.0886. The monoisotopic (exact) mass is 248 g/mol. The second-order valence-electron chi connectivity index (χ2n) is 5.78. The van der Waals surface area contributed by atoms with Crippen LogP contribution in [0.15, 0.2) is 18.2 Å². The summed E-state index contributed by atoms with van der Waals surface area (Å²) in [5, 5.41) is 3.41. The maximum absolute atomic E-state index is 14.1. The zero-order valence-electron chi connectivity index (χ0n) is 11.0. The second kappa shape index (κ2) is 4.79. The molecule has 3 heteroatoms. The first-order chi connectivity index (χ1) is 8.72. The average Bonchev–Trinajstić information content (AvgIpc) is 2.80. The number of nitrogens with one attached hydrogen (secondary N) is 1. The normalized spacial score (nSPS) is 27.1. The number of hydrogen-bond acceptors (Lipinski definition) is 2. The van der Waals surface area contributed by atoms with Gasteiger partial charge in [-0.3, -0.25) is 0 Å². The van der Waals surface area contributed by atoms with Crippen molar-refractivity contribution in [2.24, 2.45) is 5.92 Å². The van der Waals surface area contributed by atoms with E-state index in [1.54, 1.807) is 6.07 Å². The average molecular weight is 248 g/mol. The lowest BCUT2D eigenvalue weighted by atomic mass is 9.82. The predicted octanol–water partition coefficient (Wildman–Crippen LogP) is 3.64. The molecular formula is C15H21FN2. The fourth-order valence-electron chi connectivity index (χ4n) is 3.07. The van der Waals surface area contributed by atoms with Crippen molar-refractivity contribution in [1.82, 2.24) is 0 Å². The summed E-state index contributed by atoms with van der Waals surface area (Å²) in [6.45, 7) is 4.24. The lowest BCUT2D eigenvalue weighted by Gasteiger charge is -2.34. The van der Waals surface area contributed by atoms with Crippen LogP contribution in [-0.4, -0.2) is 19.1 Å². The molecule has 1 heterocycles. The van der Waals surface area contributed by atoms with Crippen LogP contribution in [-0.2, 0) is 0 Å². The molecule has 0 aromatic heterocycles. The van der Waals surface area contributed by atoms with Crippen LogP contribution in [0.3, 0.4) is 0 Å². The van der Waals surface area contributed by atoms with Crippen molar-refractivity contribution in [3.63, 3.8) is 0 Å². The molecule has 0 atom stereocenters. The molecule has 0 spiro atoms. The largest absolute Gasteiger partial charge is 0.382 e. The molecule has 0 unspecified atom stereocenters. The van der Waals surface area contributed by atoms with Crippen LogP contribution in [0.5, 0.6) is 0 Å². The summed E-state index contributed by atoms with van der Waals surface area (Å²) in [7, 11) is 0. The number of nitrogens with zero attached hydrogens (tertiary/aromatic N) is 1. The SMILES string of the molecule is CC1CC(Nc2ccc(N3CCCC3)c(F)c2)C1. The van der Waals surface area contributed by atoms with Gasteiger partial charge < -0.3 is 10.2 Å². The van der Waals surface area contributed by atoms with Gasteiger partial charge in [-0.05, 0) is 49.8 Å². The third kappa shape index (κ3) is 2.31. The Morgan fingerprint density at radius 3 is 2.56 bits per heavy atom. The van der Waals surface area contributed by atoms with Gasteiger partial charge in [-0.15, -0.1) is 0 Å². The summed E-state index contributed by atoms with van der Waals surface area (Å²) in [4.78, 5) is 2.14. The third-order valence-corrected chi connectivity index (χ3v) is 4.14. The van der Waals surface area contributed by atoms with Gasteiger partial charge >= 0.3 is 0 Å². The highest BCUT2D eigenvalue weighted by molar-refractivity contribution is 5.57. The molecule has 98 valence electrons. The zero-order chi connectivity index (χ0) is 12.5. The Balaban J connectivity index is 1.68. The van der Waals surface area contributed by atoms with Gasteiger partial charge in [0.15, 0.2) is 0 Å². The van der Waals surface area contributed by atoms with Gasteiger partial charge in [-0.2, -0.15) is 0 Å². The fraction of sp³-hybridized carbons (Fsp3) is 0.600. The van der Waals surface area contributed by atoms with E-state index in [-0.39, 0.29) is 5.82 Å². The van der Waals surface area contributed by atoms with Crippen LogP contribution in [0.1, 0.15) is 32.6 Å². The van der Waals surface area contributed by atoms with Gasteiger partial charge in [0, 0.05) is 24.8 Å². The van der Waals surface area contributed by atoms with E-state index in [4.69, 9.17) is 0 Å². The van der Waals surface area contributed by atoms with E-state index in [2.05, 4.69) is 17.1 Å². The molecular weight excluding hydrogens is 227 g/mol. The van der Waals surface area contributed by atoms with Crippen LogP contribution < -0.4 is 10.2 Å². The van der Waals surface area contributed by atoms with Crippen molar-refractivity contribution in [3.05, 3.63) is 24.0 Å². The summed E-state index contributed by atoms with van der Waals surface area (Å²) < 4.78 is 14.1. The van der Waals surface area contributed by atoms with Crippen molar-refractivity contribution in [3.8, 4) is 0 Å². The Morgan fingerprint density at radius 1 is 1.22 bits per heavy atom. The van der Waals surface area contributed by atoms with E-state index >= 15 is 0 Å². The number of halogens is 1. The van der Waals surface area contributed by atoms with E-state index in [0.717, 1.165) is 30.4 Å². The molecule has 1 aliphatic carbocycles. The van der Waals surface area contributed by atoms with Gasteiger partial charge in [0.05, 0.1) is 5.69 Å². The topological polar surface area (TPSA) is 15.3 Å². The number of rotatable bonds is 3. The zero-order valence-corrected chi connectivity index (χ0v) is 11.0. The molecule has 0 amide bonds. The molecule has 3 rings (SSSR count). The van der Waals surface area contributed by atoms with Crippen LogP contribution in [0, 0.1) is 11.7 Å². The minimum absolute atomic E-state index is 0.0886. The molecule has 0 radical (unpaired) electrons. The van der Waals surface area contributed by atoms with Crippen LogP contribution >= 0.6 is 0 Å². The minimum Gasteiger partial charge on any atom is -0.382 e. The molecule has 18 heavy (non-hydrogen) atoms. The Kier molecular flexibility index (Phi) is 3.14. The van der Waals surface area contributed by atoms with Crippen molar-refractivity contribution in [2.45, 2.75) is 38.6 Å². The van der Waals surface area contributed by atoms with Crippen LogP contribution in [0.4, 0.5) is 15.8 Å². The van der Waals surface area contributed by atoms with Crippen LogP contribution in [0.2, 0.25) is 0 Å². The Labute approximate surface area is 108 Å². The maximum Gasteiger partial charge on any atom is 0.148 e. The Morgan fingerprint density at radius 2 is 1.94 bits per heavy atom.